The molecule has 2 aromatic heterocycles. The molecule has 9 heteroatoms. The summed E-state index contributed by atoms with van der Waals surface area (Å²) < 4.78 is 9.15. The van der Waals surface area contributed by atoms with E-state index in [4.69, 9.17) is 4.74 Å². The van der Waals surface area contributed by atoms with E-state index in [1.165, 1.54) is 16.8 Å². The minimum Gasteiger partial charge on any atom is -0.390 e. The molecule has 29 heavy (non-hydrogen) atoms. The number of aromatic amines is 1. The van der Waals surface area contributed by atoms with Crippen LogP contribution in [0.5, 0.6) is 0 Å². The van der Waals surface area contributed by atoms with Gasteiger partial charge in [-0.2, -0.15) is 0 Å². The zero-order valence-electron chi connectivity index (χ0n) is 15.9. The van der Waals surface area contributed by atoms with Crippen molar-refractivity contribution < 1.29 is 9.84 Å². The number of aryl methyl sites for hydroxylation is 1. The fourth-order valence-electron chi connectivity index (χ4n) is 3.62. The van der Waals surface area contributed by atoms with E-state index in [1.54, 1.807) is 6.20 Å². The molecule has 1 saturated heterocycles. The quantitative estimate of drug-likeness (QED) is 0.551. The molecule has 1 fully saturated rings. The Labute approximate surface area is 166 Å². The SMILES string of the molecule is Cn1ccnc1[C@@H](NC[C@H]1O[C@@H](n2ccc(=O)[nH]c2=O)C[C@@H]1O)c1ccccc1. The van der Waals surface area contributed by atoms with Crippen molar-refractivity contribution in [3.63, 3.8) is 0 Å². The van der Waals surface area contributed by atoms with E-state index in [0.29, 0.717) is 6.54 Å². The van der Waals surface area contributed by atoms with Crippen molar-refractivity contribution in [1.29, 1.82) is 0 Å². The molecule has 0 saturated carbocycles. The maximum absolute atomic E-state index is 12.0. The van der Waals surface area contributed by atoms with Crippen molar-refractivity contribution in [2.75, 3.05) is 6.54 Å². The summed E-state index contributed by atoms with van der Waals surface area (Å²) in [6.45, 7) is 0.363. The maximum atomic E-state index is 12.0. The van der Waals surface area contributed by atoms with Crippen LogP contribution in [0.4, 0.5) is 0 Å². The number of H-pyrrole nitrogens is 1. The standard InChI is InChI=1S/C20H23N5O4/c1-24-10-8-21-19(24)18(13-5-3-2-4-6-13)22-12-15-14(26)11-17(29-15)25-9-7-16(27)23-20(25)28/h2-10,14-15,17-18,22,26H,11-12H2,1H3,(H,23,27,28)/t14-,15+,17+,18-/m0/s1. The predicted molar refractivity (Wildman–Crippen MR) is 105 cm³/mol. The molecule has 1 aromatic carbocycles. The number of rotatable bonds is 6. The lowest BCUT2D eigenvalue weighted by atomic mass is 10.1. The molecule has 1 aliphatic rings. The molecule has 3 heterocycles. The third kappa shape index (κ3) is 4.07. The first-order chi connectivity index (χ1) is 14.0. The smallest absolute Gasteiger partial charge is 0.330 e. The van der Waals surface area contributed by atoms with Crippen molar-refractivity contribution in [3.8, 4) is 0 Å². The molecule has 4 rings (SSSR count). The molecular weight excluding hydrogens is 374 g/mol. The van der Waals surface area contributed by atoms with Crippen molar-refractivity contribution in [1.82, 2.24) is 24.4 Å². The van der Waals surface area contributed by atoms with E-state index >= 15 is 0 Å². The fraction of sp³-hybridized carbons (Fsp3) is 0.350. The molecule has 0 unspecified atom stereocenters. The molecule has 3 aromatic rings. The molecule has 0 bridgehead atoms. The number of aromatic nitrogens is 4. The van der Waals surface area contributed by atoms with Gasteiger partial charge in [-0.3, -0.25) is 14.3 Å². The Morgan fingerprint density at radius 1 is 1.28 bits per heavy atom. The number of aliphatic hydroxyl groups excluding tert-OH is 1. The average molecular weight is 397 g/mol. The van der Waals surface area contributed by atoms with Crippen LogP contribution in [-0.2, 0) is 11.8 Å². The summed E-state index contributed by atoms with van der Waals surface area (Å²) in [6, 6.07) is 11.0. The third-order valence-electron chi connectivity index (χ3n) is 5.14. The van der Waals surface area contributed by atoms with Gasteiger partial charge in [-0.05, 0) is 5.56 Å². The molecule has 0 aliphatic carbocycles. The first kappa shape index (κ1) is 19.3. The summed E-state index contributed by atoms with van der Waals surface area (Å²) in [5.41, 5.74) is 0.0185. The Balaban J connectivity index is 1.50. The van der Waals surface area contributed by atoms with E-state index in [-0.39, 0.29) is 12.5 Å². The van der Waals surface area contributed by atoms with Gasteiger partial charge in [-0.15, -0.1) is 0 Å². The highest BCUT2D eigenvalue weighted by molar-refractivity contribution is 5.25. The van der Waals surface area contributed by atoms with E-state index in [1.807, 2.05) is 48.1 Å². The third-order valence-corrected chi connectivity index (χ3v) is 5.14. The van der Waals surface area contributed by atoms with E-state index in [0.717, 1.165) is 11.4 Å². The van der Waals surface area contributed by atoms with Crippen LogP contribution < -0.4 is 16.6 Å². The maximum Gasteiger partial charge on any atom is 0.330 e. The van der Waals surface area contributed by atoms with Crippen LogP contribution in [0.25, 0.3) is 0 Å². The van der Waals surface area contributed by atoms with Gasteiger partial charge in [0.25, 0.3) is 5.56 Å². The zero-order valence-corrected chi connectivity index (χ0v) is 15.9. The summed E-state index contributed by atoms with van der Waals surface area (Å²) in [7, 11) is 1.93. The molecular formula is C20H23N5O4. The lowest BCUT2D eigenvalue weighted by Crippen LogP contribution is -2.37. The molecule has 1 aliphatic heterocycles. The Morgan fingerprint density at radius 3 is 2.76 bits per heavy atom. The number of imidazole rings is 1. The van der Waals surface area contributed by atoms with E-state index in [2.05, 4.69) is 15.3 Å². The van der Waals surface area contributed by atoms with Crippen LogP contribution in [0.1, 0.15) is 30.1 Å². The highest BCUT2D eigenvalue weighted by Gasteiger charge is 2.36. The summed E-state index contributed by atoms with van der Waals surface area (Å²) in [4.78, 5) is 29.9. The number of hydrogen-bond acceptors (Lipinski definition) is 6. The van der Waals surface area contributed by atoms with Crippen LogP contribution in [0.2, 0.25) is 0 Å². The van der Waals surface area contributed by atoms with Crippen molar-refractivity contribution in [2.45, 2.75) is 30.9 Å². The monoisotopic (exact) mass is 397 g/mol. The fourth-order valence-corrected chi connectivity index (χ4v) is 3.62. The Morgan fingerprint density at radius 2 is 2.07 bits per heavy atom. The minimum atomic E-state index is -0.746. The molecule has 4 atom stereocenters. The normalized spacial score (nSPS) is 22.6. The van der Waals surface area contributed by atoms with Gasteiger partial charge in [-0.1, -0.05) is 30.3 Å². The van der Waals surface area contributed by atoms with Crippen LogP contribution >= 0.6 is 0 Å². The van der Waals surface area contributed by atoms with Gasteiger partial charge < -0.3 is 19.7 Å². The van der Waals surface area contributed by atoms with Crippen molar-refractivity contribution in [3.05, 3.63) is 87.2 Å². The van der Waals surface area contributed by atoms with Gasteiger partial charge in [0.2, 0.25) is 0 Å². The molecule has 3 N–H and O–H groups in total. The van der Waals surface area contributed by atoms with Crippen LogP contribution in [0.3, 0.4) is 0 Å². The van der Waals surface area contributed by atoms with Gasteiger partial charge >= 0.3 is 5.69 Å². The second kappa shape index (κ2) is 8.16. The van der Waals surface area contributed by atoms with E-state index in [9.17, 15) is 14.7 Å². The number of hydrogen-bond donors (Lipinski definition) is 3. The molecule has 0 radical (unpaired) electrons. The summed E-state index contributed by atoms with van der Waals surface area (Å²) in [6.07, 6.45) is 3.38. The van der Waals surface area contributed by atoms with Gasteiger partial charge in [0.05, 0.1) is 18.2 Å². The van der Waals surface area contributed by atoms with E-state index < -0.39 is 29.7 Å². The van der Waals surface area contributed by atoms with Gasteiger partial charge in [-0.25, -0.2) is 9.78 Å². The topological polar surface area (TPSA) is 114 Å². The Kier molecular flexibility index (Phi) is 5.43. The Hall–Kier alpha value is -3.01. The van der Waals surface area contributed by atoms with Crippen molar-refractivity contribution >= 4 is 0 Å². The molecule has 0 amide bonds. The highest BCUT2D eigenvalue weighted by atomic mass is 16.5. The van der Waals surface area contributed by atoms with Gasteiger partial charge in [0.15, 0.2) is 0 Å². The second-order valence-electron chi connectivity index (χ2n) is 7.10. The largest absolute Gasteiger partial charge is 0.390 e. The van der Waals surface area contributed by atoms with Crippen LogP contribution in [-0.4, -0.2) is 43.0 Å². The zero-order chi connectivity index (χ0) is 20.4. The first-order valence-electron chi connectivity index (χ1n) is 9.43. The summed E-state index contributed by atoms with van der Waals surface area (Å²) in [5.74, 6) is 0.845. The number of nitrogens with one attached hydrogen (secondary N) is 2. The van der Waals surface area contributed by atoms with Gasteiger partial charge in [0, 0.05) is 44.7 Å². The van der Waals surface area contributed by atoms with Gasteiger partial charge in [0.1, 0.15) is 12.1 Å². The molecule has 9 nitrogen and oxygen atoms in total. The minimum absolute atomic E-state index is 0.179. The summed E-state index contributed by atoms with van der Waals surface area (Å²) >= 11 is 0. The lowest BCUT2D eigenvalue weighted by molar-refractivity contribution is -0.0200. The van der Waals surface area contributed by atoms with Crippen molar-refractivity contribution in [2.24, 2.45) is 7.05 Å². The number of aliphatic hydroxyl groups is 1. The summed E-state index contributed by atoms with van der Waals surface area (Å²) in [5, 5.41) is 13.9. The first-order valence-corrected chi connectivity index (χ1v) is 9.43. The highest BCUT2D eigenvalue weighted by Crippen LogP contribution is 2.28. The second-order valence-corrected chi connectivity index (χ2v) is 7.10. The lowest BCUT2D eigenvalue weighted by Gasteiger charge is -2.22. The molecule has 152 valence electrons. The number of nitrogens with zero attached hydrogens (tertiary/aromatic N) is 3. The van der Waals surface area contributed by atoms with Crippen LogP contribution in [0.15, 0.2) is 64.6 Å². The molecule has 0 spiro atoms. The Bertz CT molecular complexity index is 1070. The number of ether oxygens (including phenoxy) is 1. The predicted octanol–water partition coefficient (Wildman–Crippen LogP) is 0.298. The number of benzene rings is 1. The van der Waals surface area contributed by atoms with Crippen LogP contribution in [0, 0.1) is 0 Å². The average Bonchev–Trinajstić information content (AvgIpc) is 3.29.